The molecular formula is C23H29Cl2N3O5S. The number of rotatable bonds is 11. The lowest BCUT2D eigenvalue weighted by atomic mass is 10.1. The molecule has 0 radical (unpaired) electrons. The van der Waals surface area contributed by atoms with Crippen molar-refractivity contribution in [1.82, 2.24) is 10.2 Å². The van der Waals surface area contributed by atoms with E-state index < -0.39 is 28.5 Å². The van der Waals surface area contributed by atoms with Crippen LogP contribution in [0, 0.1) is 0 Å². The standard InChI is InChI=1S/C23H29Cl2N3O5S/c1-5-21(23(30)26-3)27(14-16-7-8-17(24)13-20(16)25)22(29)15-28(34(4,31)32)18-9-11-19(12-10-18)33-6-2/h7-13,21H,5-6,14-15H2,1-4H3,(H,26,30). The van der Waals surface area contributed by atoms with Gasteiger partial charge in [-0.25, -0.2) is 8.42 Å². The highest BCUT2D eigenvalue weighted by molar-refractivity contribution is 7.92. The van der Waals surface area contributed by atoms with Crippen molar-refractivity contribution in [3.8, 4) is 5.75 Å². The number of nitrogens with one attached hydrogen (secondary N) is 1. The topological polar surface area (TPSA) is 96.0 Å². The van der Waals surface area contributed by atoms with Gasteiger partial charge in [0.15, 0.2) is 0 Å². The largest absolute Gasteiger partial charge is 0.494 e. The third-order valence-corrected chi connectivity index (χ3v) is 6.83. The van der Waals surface area contributed by atoms with Gasteiger partial charge in [-0.15, -0.1) is 0 Å². The molecule has 0 saturated carbocycles. The van der Waals surface area contributed by atoms with Gasteiger partial charge < -0.3 is 15.0 Å². The summed E-state index contributed by atoms with van der Waals surface area (Å²) in [6, 6.07) is 10.4. The molecule has 1 atom stereocenters. The van der Waals surface area contributed by atoms with Gasteiger partial charge in [0, 0.05) is 23.6 Å². The molecule has 2 amide bonds. The Hall–Kier alpha value is -2.49. The van der Waals surface area contributed by atoms with E-state index in [0.29, 0.717) is 40.1 Å². The van der Waals surface area contributed by atoms with Gasteiger partial charge in [0.05, 0.1) is 18.6 Å². The average molecular weight is 530 g/mol. The van der Waals surface area contributed by atoms with E-state index in [1.807, 2.05) is 6.92 Å². The van der Waals surface area contributed by atoms with E-state index in [1.54, 1.807) is 49.4 Å². The first-order chi connectivity index (χ1) is 16.0. The molecule has 0 fully saturated rings. The van der Waals surface area contributed by atoms with E-state index in [4.69, 9.17) is 27.9 Å². The summed E-state index contributed by atoms with van der Waals surface area (Å²) in [6.07, 6.45) is 1.34. The van der Waals surface area contributed by atoms with E-state index in [2.05, 4.69) is 5.32 Å². The molecule has 2 aromatic rings. The summed E-state index contributed by atoms with van der Waals surface area (Å²) in [5, 5.41) is 3.33. The molecule has 0 aromatic heterocycles. The van der Waals surface area contributed by atoms with Crippen LogP contribution in [0.15, 0.2) is 42.5 Å². The van der Waals surface area contributed by atoms with E-state index in [-0.39, 0.29) is 12.5 Å². The lowest BCUT2D eigenvalue weighted by molar-refractivity contribution is -0.140. The van der Waals surface area contributed by atoms with Gasteiger partial charge in [-0.1, -0.05) is 36.2 Å². The summed E-state index contributed by atoms with van der Waals surface area (Å²) in [5.41, 5.74) is 0.880. The predicted octanol–water partition coefficient (Wildman–Crippen LogP) is 3.71. The number of nitrogens with zero attached hydrogens (tertiary/aromatic N) is 2. The SMILES string of the molecule is CCOc1ccc(N(CC(=O)N(Cc2ccc(Cl)cc2Cl)C(CC)C(=O)NC)S(C)(=O)=O)cc1. The molecule has 0 aliphatic carbocycles. The number of halogens is 2. The molecule has 11 heteroatoms. The number of hydrogen-bond donors (Lipinski definition) is 1. The second kappa shape index (κ2) is 12.3. The molecule has 0 bridgehead atoms. The van der Waals surface area contributed by atoms with Crippen molar-refractivity contribution in [2.24, 2.45) is 0 Å². The van der Waals surface area contributed by atoms with Crippen LogP contribution in [0.3, 0.4) is 0 Å². The molecule has 186 valence electrons. The number of sulfonamides is 1. The summed E-state index contributed by atoms with van der Waals surface area (Å²) < 4.78 is 31.6. The first-order valence-corrected chi connectivity index (χ1v) is 13.3. The van der Waals surface area contributed by atoms with Crippen molar-refractivity contribution >= 4 is 50.7 Å². The molecule has 0 heterocycles. The average Bonchev–Trinajstić information content (AvgIpc) is 2.78. The quantitative estimate of drug-likeness (QED) is 0.478. The first kappa shape index (κ1) is 27.8. The predicted molar refractivity (Wildman–Crippen MR) is 135 cm³/mol. The van der Waals surface area contributed by atoms with E-state index in [1.165, 1.54) is 11.9 Å². The van der Waals surface area contributed by atoms with Crippen LogP contribution in [0.4, 0.5) is 5.69 Å². The zero-order chi connectivity index (χ0) is 25.5. The highest BCUT2D eigenvalue weighted by Crippen LogP contribution is 2.25. The Morgan fingerprint density at radius 2 is 1.74 bits per heavy atom. The van der Waals surface area contributed by atoms with Crippen LogP contribution in [0.5, 0.6) is 5.75 Å². The maximum Gasteiger partial charge on any atom is 0.244 e. The summed E-state index contributed by atoms with van der Waals surface area (Å²) in [5.74, 6) is -0.343. The summed E-state index contributed by atoms with van der Waals surface area (Å²) >= 11 is 12.3. The number of amides is 2. The number of anilines is 1. The summed E-state index contributed by atoms with van der Waals surface area (Å²) in [4.78, 5) is 27.4. The van der Waals surface area contributed by atoms with Gasteiger partial charge in [0.25, 0.3) is 0 Å². The van der Waals surface area contributed by atoms with Gasteiger partial charge >= 0.3 is 0 Å². The van der Waals surface area contributed by atoms with Gasteiger partial charge in [-0.05, 0) is 55.3 Å². The molecule has 8 nitrogen and oxygen atoms in total. The van der Waals surface area contributed by atoms with Crippen LogP contribution in [0.2, 0.25) is 10.0 Å². The second-order valence-electron chi connectivity index (χ2n) is 7.49. The van der Waals surface area contributed by atoms with Gasteiger partial charge in [0.1, 0.15) is 18.3 Å². The Morgan fingerprint density at radius 3 is 2.24 bits per heavy atom. The smallest absolute Gasteiger partial charge is 0.244 e. The van der Waals surface area contributed by atoms with Crippen molar-refractivity contribution in [3.63, 3.8) is 0 Å². The van der Waals surface area contributed by atoms with Crippen molar-refractivity contribution in [2.45, 2.75) is 32.9 Å². The van der Waals surface area contributed by atoms with E-state index in [9.17, 15) is 18.0 Å². The van der Waals surface area contributed by atoms with E-state index in [0.717, 1.165) is 10.6 Å². The van der Waals surface area contributed by atoms with Crippen LogP contribution in [-0.2, 0) is 26.2 Å². The van der Waals surface area contributed by atoms with Crippen molar-refractivity contribution in [2.75, 3.05) is 30.8 Å². The molecule has 1 unspecified atom stereocenters. The van der Waals surface area contributed by atoms with Crippen LogP contribution >= 0.6 is 23.2 Å². The Balaban J connectivity index is 2.43. The minimum Gasteiger partial charge on any atom is -0.494 e. The maximum atomic E-state index is 13.5. The van der Waals surface area contributed by atoms with Crippen molar-refractivity contribution < 1.29 is 22.7 Å². The molecule has 1 N–H and O–H groups in total. The van der Waals surface area contributed by atoms with Gasteiger partial charge in [0.2, 0.25) is 21.8 Å². The normalized spacial score (nSPS) is 12.1. The number of benzene rings is 2. The lowest BCUT2D eigenvalue weighted by Crippen LogP contribution is -2.51. The number of hydrogen-bond acceptors (Lipinski definition) is 5. The Bertz CT molecular complexity index is 1110. The van der Waals surface area contributed by atoms with Gasteiger partial charge in [-0.3, -0.25) is 13.9 Å². The van der Waals surface area contributed by atoms with Crippen LogP contribution in [0.1, 0.15) is 25.8 Å². The zero-order valence-corrected chi connectivity index (χ0v) is 21.9. The highest BCUT2D eigenvalue weighted by atomic mass is 35.5. The lowest BCUT2D eigenvalue weighted by Gasteiger charge is -2.32. The Kier molecular flexibility index (Phi) is 10.0. The molecule has 0 aliphatic heterocycles. The third kappa shape index (κ3) is 7.25. The molecule has 2 aromatic carbocycles. The van der Waals surface area contributed by atoms with Crippen LogP contribution < -0.4 is 14.4 Å². The van der Waals surface area contributed by atoms with Crippen molar-refractivity contribution in [1.29, 1.82) is 0 Å². The molecule has 2 rings (SSSR count). The minimum absolute atomic E-state index is 0.00163. The first-order valence-electron chi connectivity index (χ1n) is 10.7. The molecular weight excluding hydrogens is 501 g/mol. The number of ether oxygens (including phenoxy) is 1. The maximum absolute atomic E-state index is 13.5. The molecule has 0 saturated heterocycles. The molecule has 34 heavy (non-hydrogen) atoms. The summed E-state index contributed by atoms with van der Waals surface area (Å²) in [7, 11) is -2.34. The van der Waals surface area contributed by atoms with Crippen molar-refractivity contribution in [3.05, 3.63) is 58.1 Å². The minimum atomic E-state index is -3.82. The Labute approximate surface area is 210 Å². The van der Waals surface area contributed by atoms with E-state index >= 15 is 0 Å². The highest BCUT2D eigenvalue weighted by Gasteiger charge is 2.31. The number of carbonyl (C=O) groups excluding carboxylic acids is 2. The fourth-order valence-corrected chi connectivity index (χ4v) is 4.73. The number of carbonyl (C=O) groups is 2. The third-order valence-electron chi connectivity index (χ3n) is 5.10. The fraction of sp³-hybridized carbons (Fsp3) is 0.391. The molecule has 0 spiro atoms. The Morgan fingerprint density at radius 1 is 1.09 bits per heavy atom. The van der Waals surface area contributed by atoms with Crippen LogP contribution in [-0.4, -0.2) is 57.6 Å². The summed E-state index contributed by atoms with van der Waals surface area (Å²) in [6.45, 7) is 3.58. The molecule has 0 aliphatic rings. The fourth-order valence-electron chi connectivity index (χ4n) is 3.41. The van der Waals surface area contributed by atoms with Gasteiger partial charge in [-0.2, -0.15) is 0 Å². The second-order valence-corrected chi connectivity index (χ2v) is 10.2. The monoisotopic (exact) mass is 529 g/mol. The number of likely N-dealkylation sites (N-methyl/N-ethyl adjacent to an activating group) is 1. The van der Waals surface area contributed by atoms with Crippen LogP contribution in [0.25, 0.3) is 0 Å². The zero-order valence-electron chi connectivity index (χ0n) is 19.5.